The van der Waals surface area contributed by atoms with E-state index in [4.69, 9.17) is 9.52 Å². The molecule has 1 aromatic heterocycles. The van der Waals surface area contributed by atoms with E-state index >= 15 is 0 Å². The van der Waals surface area contributed by atoms with Crippen molar-refractivity contribution < 1.29 is 19.4 Å². The molecular formula is C15H23NO4. The lowest BCUT2D eigenvalue weighted by Gasteiger charge is -2.35. The van der Waals surface area contributed by atoms with E-state index in [0.717, 1.165) is 24.8 Å². The smallest absolute Gasteiger partial charge is 0.371 e. The van der Waals surface area contributed by atoms with Gasteiger partial charge in [0.2, 0.25) is 5.76 Å². The molecule has 0 radical (unpaired) electrons. The molecule has 1 fully saturated rings. The summed E-state index contributed by atoms with van der Waals surface area (Å²) in [6, 6.07) is 1.54. The molecule has 5 nitrogen and oxygen atoms in total. The van der Waals surface area contributed by atoms with Gasteiger partial charge in [0.25, 0.3) is 0 Å². The van der Waals surface area contributed by atoms with Gasteiger partial charge in [0, 0.05) is 18.7 Å². The monoisotopic (exact) mass is 281 g/mol. The molecule has 20 heavy (non-hydrogen) atoms. The van der Waals surface area contributed by atoms with Crippen LogP contribution in [-0.4, -0.2) is 28.3 Å². The summed E-state index contributed by atoms with van der Waals surface area (Å²) in [5.74, 6) is 0.0760. The Labute approximate surface area is 119 Å². The highest BCUT2D eigenvalue weighted by molar-refractivity contribution is 5.84. The minimum atomic E-state index is -1.06. The number of aryl methyl sites for hydroxylation is 1. The number of aromatic carboxylic acids is 1. The van der Waals surface area contributed by atoms with Gasteiger partial charge in [0.05, 0.1) is 5.60 Å². The van der Waals surface area contributed by atoms with E-state index in [2.05, 4.69) is 12.2 Å². The molecule has 2 unspecified atom stereocenters. The summed E-state index contributed by atoms with van der Waals surface area (Å²) in [5.41, 5.74) is 0.195. The molecule has 3 N–H and O–H groups in total. The maximum atomic E-state index is 10.8. The van der Waals surface area contributed by atoms with E-state index in [1.54, 1.807) is 6.92 Å². The molecule has 112 valence electrons. The summed E-state index contributed by atoms with van der Waals surface area (Å²) in [7, 11) is 0. The van der Waals surface area contributed by atoms with Crippen LogP contribution in [-0.2, 0) is 6.54 Å². The SMILES string of the molecule is Cc1oc(C(=O)O)cc1CNCC1(O)CCCC(C)C1. The second kappa shape index (κ2) is 5.97. The quantitative estimate of drug-likeness (QED) is 0.771. The number of nitrogens with one attached hydrogen (secondary N) is 1. The van der Waals surface area contributed by atoms with E-state index in [1.807, 2.05) is 0 Å². The molecule has 0 amide bonds. The number of rotatable bonds is 5. The minimum absolute atomic E-state index is 0.0377. The highest BCUT2D eigenvalue weighted by Crippen LogP contribution is 2.31. The summed E-state index contributed by atoms with van der Waals surface area (Å²) < 4.78 is 5.16. The highest BCUT2D eigenvalue weighted by atomic mass is 16.4. The number of aliphatic hydroxyl groups is 1. The Kier molecular flexibility index (Phi) is 4.50. The molecule has 0 aromatic carbocycles. The Balaban J connectivity index is 1.88. The van der Waals surface area contributed by atoms with Crippen molar-refractivity contribution in [2.24, 2.45) is 5.92 Å². The summed E-state index contributed by atoms with van der Waals surface area (Å²) in [6.07, 6.45) is 3.90. The van der Waals surface area contributed by atoms with Crippen LogP contribution in [0.1, 0.15) is 54.5 Å². The number of carboxylic acid groups (broad SMARTS) is 1. The third-order valence-corrected chi connectivity index (χ3v) is 4.07. The average Bonchev–Trinajstić information content (AvgIpc) is 2.71. The van der Waals surface area contributed by atoms with Crippen molar-refractivity contribution in [2.45, 2.75) is 51.7 Å². The van der Waals surface area contributed by atoms with E-state index in [-0.39, 0.29) is 5.76 Å². The fourth-order valence-electron chi connectivity index (χ4n) is 3.02. The van der Waals surface area contributed by atoms with Gasteiger partial charge >= 0.3 is 5.97 Å². The predicted octanol–water partition coefficient (Wildman–Crippen LogP) is 2.32. The van der Waals surface area contributed by atoms with Crippen molar-refractivity contribution in [1.82, 2.24) is 5.32 Å². The Morgan fingerprint density at radius 3 is 2.95 bits per heavy atom. The molecule has 1 saturated carbocycles. The Bertz CT molecular complexity index is 482. The molecule has 1 aliphatic rings. The number of hydrogen-bond acceptors (Lipinski definition) is 4. The van der Waals surface area contributed by atoms with Gasteiger partial charge in [-0.25, -0.2) is 4.79 Å². The largest absolute Gasteiger partial charge is 0.475 e. The Hall–Kier alpha value is -1.33. The topological polar surface area (TPSA) is 82.7 Å². The summed E-state index contributed by atoms with van der Waals surface area (Å²) in [5, 5.41) is 22.6. The van der Waals surface area contributed by atoms with Gasteiger partial charge in [-0.15, -0.1) is 0 Å². The van der Waals surface area contributed by atoms with Crippen LogP contribution in [0.2, 0.25) is 0 Å². The molecule has 1 heterocycles. The van der Waals surface area contributed by atoms with E-state index in [9.17, 15) is 9.90 Å². The molecule has 0 bridgehead atoms. The molecule has 1 aromatic rings. The summed E-state index contributed by atoms with van der Waals surface area (Å²) in [4.78, 5) is 10.8. The first-order valence-corrected chi connectivity index (χ1v) is 7.15. The third-order valence-electron chi connectivity index (χ3n) is 4.07. The first kappa shape index (κ1) is 15.1. The molecule has 0 saturated heterocycles. The minimum Gasteiger partial charge on any atom is -0.475 e. The van der Waals surface area contributed by atoms with Crippen molar-refractivity contribution in [3.05, 3.63) is 23.2 Å². The fraction of sp³-hybridized carbons (Fsp3) is 0.667. The van der Waals surface area contributed by atoms with Crippen LogP contribution in [0.5, 0.6) is 0 Å². The zero-order valence-electron chi connectivity index (χ0n) is 12.1. The van der Waals surface area contributed by atoms with Crippen LogP contribution in [0.25, 0.3) is 0 Å². The van der Waals surface area contributed by atoms with Crippen LogP contribution >= 0.6 is 0 Å². The molecule has 0 spiro atoms. The third kappa shape index (κ3) is 3.61. The zero-order chi connectivity index (χ0) is 14.8. The second-order valence-electron chi connectivity index (χ2n) is 6.03. The fourth-order valence-corrected chi connectivity index (χ4v) is 3.02. The second-order valence-corrected chi connectivity index (χ2v) is 6.03. The van der Waals surface area contributed by atoms with Gasteiger partial charge in [-0.3, -0.25) is 0 Å². The van der Waals surface area contributed by atoms with Crippen LogP contribution in [0.15, 0.2) is 10.5 Å². The summed E-state index contributed by atoms with van der Waals surface area (Å²) in [6.45, 7) is 4.97. The predicted molar refractivity (Wildman–Crippen MR) is 74.7 cm³/mol. The number of carboxylic acids is 1. The van der Waals surface area contributed by atoms with E-state index in [1.165, 1.54) is 12.5 Å². The van der Waals surface area contributed by atoms with Crippen molar-refractivity contribution in [3.63, 3.8) is 0 Å². The Morgan fingerprint density at radius 1 is 1.60 bits per heavy atom. The van der Waals surface area contributed by atoms with Gasteiger partial charge in [-0.05, 0) is 31.7 Å². The van der Waals surface area contributed by atoms with Crippen LogP contribution in [0.3, 0.4) is 0 Å². The molecule has 2 atom stereocenters. The standard InChI is InChI=1S/C15H23NO4/c1-10-4-3-5-15(19,7-10)9-16-8-12-6-13(14(17)18)20-11(12)2/h6,10,16,19H,3-5,7-9H2,1-2H3,(H,17,18). The highest BCUT2D eigenvalue weighted by Gasteiger charge is 2.32. The lowest BCUT2D eigenvalue weighted by atomic mass is 9.79. The first-order valence-electron chi connectivity index (χ1n) is 7.15. The van der Waals surface area contributed by atoms with Gasteiger partial charge in [-0.2, -0.15) is 0 Å². The van der Waals surface area contributed by atoms with Gasteiger partial charge < -0.3 is 19.9 Å². The zero-order valence-corrected chi connectivity index (χ0v) is 12.1. The van der Waals surface area contributed by atoms with Crippen LogP contribution < -0.4 is 5.32 Å². The normalized spacial score (nSPS) is 26.6. The Morgan fingerprint density at radius 2 is 2.35 bits per heavy atom. The number of hydrogen-bond donors (Lipinski definition) is 3. The van der Waals surface area contributed by atoms with Crippen molar-refractivity contribution in [2.75, 3.05) is 6.54 Å². The van der Waals surface area contributed by atoms with Crippen LogP contribution in [0, 0.1) is 12.8 Å². The maximum Gasteiger partial charge on any atom is 0.371 e. The lowest BCUT2D eigenvalue weighted by molar-refractivity contribution is -0.0119. The van der Waals surface area contributed by atoms with Crippen molar-refractivity contribution in [3.8, 4) is 0 Å². The van der Waals surface area contributed by atoms with Gasteiger partial charge in [0.1, 0.15) is 5.76 Å². The molecule has 2 rings (SSSR count). The van der Waals surface area contributed by atoms with Crippen molar-refractivity contribution >= 4 is 5.97 Å². The number of carbonyl (C=O) groups is 1. The van der Waals surface area contributed by atoms with E-state index in [0.29, 0.717) is 24.8 Å². The van der Waals surface area contributed by atoms with Gasteiger partial charge in [0.15, 0.2) is 0 Å². The summed E-state index contributed by atoms with van der Waals surface area (Å²) >= 11 is 0. The maximum absolute atomic E-state index is 10.8. The average molecular weight is 281 g/mol. The molecule has 5 heteroatoms. The van der Waals surface area contributed by atoms with Crippen molar-refractivity contribution in [1.29, 1.82) is 0 Å². The first-order chi connectivity index (χ1) is 9.39. The molecular weight excluding hydrogens is 258 g/mol. The molecule has 1 aliphatic carbocycles. The van der Waals surface area contributed by atoms with E-state index < -0.39 is 11.6 Å². The lowest BCUT2D eigenvalue weighted by Crippen LogP contribution is -2.43. The van der Waals surface area contributed by atoms with Crippen LogP contribution in [0.4, 0.5) is 0 Å². The van der Waals surface area contributed by atoms with Gasteiger partial charge in [-0.1, -0.05) is 19.8 Å². The molecule has 0 aliphatic heterocycles. The number of furan rings is 1.